The van der Waals surface area contributed by atoms with Crippen LogP contribution in [0.15, 0.2) is 312 Å². The summed E-state index contributed by atoms with van der Waals surface area (Å²) in [6.07, 6.45) is 0. The highest BCUT2D eigenvalue weighted by Gasteiger charge is 2.21. The van der Waals surface area contributed by atoms with Crippen molar-refractivity contribution < 1.29 is 8.83 Å². The Kier molecular flexibility index (Phi) is 11.0. The third-order valence-electron chi connectivity index (χ3n) is 17.5. The minimum Gasteiger partial charge on any atom is -0.455 e. The molecule has 2 heterocycles. The van der Waals surface area contributed by atoms with Gasteiger partial charge in [0.05, 0.1) is 0 Å². The fourth-order valence-corrected chi connectivity index (χ4v) is 13.7. The molecular weight excluding hydrogens is 1020 g/mol. The summed E-state index contributed by atoms with van der Waals surface area (Å²) in [4.78, 5) is 0. The molecule has 2 aromatic heterocycles. The van der Waals surface area contributed by atoms with Gasteiger partial charge in [-0.15, -0.1) is 0 Å². The fourth-order valence-electron chi connectivity index (χ4n) is 13.7. The summed E-state index contributed by atoms with van der Waals surface area (Å²) in [6.45, 7) is 0. The summed E-state index contributed by atoms with van der Waals surface area (Å²) in [6, 6.07) is 109. The molecule has 0 saturated carbocycles. The van der Waals surface area contributed by atoms with E-state index in [2.05, 4.69) is 303 Å². The first-order valence-corrected chi connectivity index (χ1v) is 28.9. The van der Waals surface area contributed by atoms with Gasteiger partial charge in [0.2, 0.25) is 0 Å². The first-order chi connectivity index (χ1) is 41.7. The highest BCUT2D eigenvalue weighted by molar-refractivity contribution is 6.25. The van der Waals surface area contributed by atoms with Gasteiger partial charge in [0.1, 0.15) is 22.3 Å². The van der Waals surface area contributed by atoms with E-state index in [1.165, 1.54) is 120 Å². The molecule has 0 radical (unpaired) electrons. The number of hydrogen-bond donors (Lipinski definition) is 0. The van der Waals surface area contributed by atoms with Crippen molar-refractivity contribution in [3.63, 3.8) is 0 Å². The summed E-state index contributed by atoms with van der Waals surface area (Å²) < 4.78 is 12.9. The van der Waals surface area contributed by atoms with Crippen LogP contribution in [0.25, 0.3) is 175 Å². The van der Waals surface area contributed by atoms with Crippen LogP contribution in [0.5, 0.6) is 0 Å². The number of rotatable bonds is 5. The molecule has 0 unspecified atom stereocenters. The summed E-state index contributed by atoms with van der Waals surface area (Å²) in [5.41, 5.74) is 16.1. The molecule has 2 nitrogen and oxygen atoms in total. The molecule has 0 spiro atoms. The summed E-state index contributed by atoms with van der Waals surface area (Å²) in [5, 5.41) is 21.8. The van der Waals surface area contributed by atoms with Gasteiger partial charge in [0, 0.05) is 32.3 Å². The molecule has 0 amide bonds. The Labute approximate surface area is 484 Å². The lowest BCUT2D eigenvalue weighted by molar-refractivity contribution is 0.672. The largest absolute Gasteiger partial charge is 0.455 e. The zero-order chi connectivity index (χ0) is 55.2. The van der Waals surface area contributed by atoms with E-state index in [-0.39, 0.29) is 0 Å². The average Bonchev–Trinajstić information content (AvgIpc) is 2.92. The summed E-state index contributed by atoms with van der Waals surface area (Å²) in [7, 11) is 0. The van der Waals surface area contributed by atoms with Crippen LogP contribution in [0.1, 0.15) is 0 Å². The van der Waals surface area contributed by atoms with E-state index in [1.54, 1.807) is 0 Å². The highest BCUT2D eigenvalue weighted by atomic mass is 16.3. The third-order valence-corrected chi connectivity index (χ3v) is 17.5. The number of fused-ring (bicyclic) bond motifs is 15. The van der Waals surface area contributed by atoms with E-state index < -0.39 is 0 Å². The van der Waals surface area contributed by atoms with Crippen molar-refractivity contribution in [3.8, 4) is 55.6 Å². The van der Waals surface area contributed by atoms with Crippen LogP contribution in [0.2, 0.25) is 0 Å². The van der Waals surface area contributed by atoms with E-state index in [0.29, 0.717) is 0 Å². The van der Waals surface area contributed by atoms with E-state index >= 15 is 0 Å². The second-order valence-corrected chi connectivity index (χ2v) is 22.1. The van der Waals surface area contributed by atoms with Crippen molar-refractivity contribution in [1.29, 1.82) is 0 Å². The lowest BCUT2D eigenvalue weighted by atomic mass is 9.85. The SMILES string of the molecule is c1ccc(-c2cccc(-c3c4ccccc4c(-c4ccc5oc6c7ccccc7ccc6c5c4)c4ccccc34)c2)cc1.c1ccc2cc(-c3c4ccccc4c(-c4ccc5oc6c7ccccc7ccc6c5c4)c4ccccc34)ccc2c1. The van der Waals surface area contributed by atoms with Crippen molar-refractivity contribution in [1.82, 2.24) is 0 Å². The molecule has 2 heteroatoms. The maximum atomic E-state index is 6.46. The molecule has 0 bridgehead atoms. The van der Waals surface area contributed by atoms with Gasteiger partial charge in [-0.3, -0.25) is 0 Å². The molecule has 0 N–H and O–H groups in total. The first kappa shape index (κ1) is 47.7. The Morgan fingerprint density at radius 2 is 0.476 bits per heavy atom. The molecule has 0 fully saturated rings. The predicted molar refractivity (Wildman–Crippen MR) is 357 cm³/mol. The lowest BCUT2D eigenvalue weighted by Gasteiger charge is -2.18. The van der Waals surface area contributed by atoms with Gasteiger partial charge in [-0.25, -0.2) is 0 Å². The van der Waals surface area contributed by atoms with Gasteiger partial charge in [-0.2, -0.15) is 0 Å². The van der Waals surface area contributed by atoms with Crippen molar-refractivity contribution >= 4 is 119 Å². The molecule has 18 aromatic rings. The van der Waals surface area contributed by atoms with Gasteiger partial charge in [0.25, 0.3) is 0 Å². The second kappa shape index (κ2) is 19.3. The Balaban J connectivity index is 0.000000132. The molecule has 0 aliphatic carbocycles. The Bertz CT molecular complexity index is 5570. The number of benzene rings is 16. The standard InChI is InChI=1S/C42H26O.C40H24O/c1-2-11-27(12-3-1)29-14-10-15-30(25-29)40-33-17-6-8-19-35(33)41(36-20-9-7-18-34(36)40)31-22-24-39-38(26-31)37-23-21-28-13-4-5-16-32(28)42(37)43-39;1-2-11-27-23-28(18-17-25(27)9-1)38-31-13-5-7-15-33(31)39(34-16-8-6-14-32(34)38)29-20-22-37-36(24-29)35-21-19-26-10-3-4-12-30(26)40(35)41-37/h1-26H;1-24H. The van der Waals surface area contributed by atoms with E-state index in [4.69, 9.17) is 8.83 Å². The zero-order valence-corrected chi connectivity index (χ0v) is 45.7. The normalized spacial score (nSPS) is 11.8. The maximum Gasteiger partial charge on any atom is 0.143 e. The average molecular weight is 1070 g/mol. The summed E-state index contributed by atoms with van der Waals surface area (Å²) in [5.74, 6) is 0. The predicted octanol–water partition coefficient (Wildman–Crippen LogP) is 23.6. The van der Waals surface area contributed by atoms with Crippen molar-refractivity contribution in [3.05, 3.63) is 303 Å². The van der Waals surface area contributed by atoms with E-state index in [9.17, 15) is 0 Å². The van der Waals surface area contributed by atoms with E-state index in [0.717, 1.165) is 54.6 Å². The lowest BCUT2D eigenvalue weighted by Crippen LogP contribution is -1.91. The van der Waals surface area contributed by atoms with Crippen LogP contribution in [0, 0.1) is 0 Å². The van der Waals surface area contributed by atoms with Gasteiger partial charge in [-0.1, -0.05) is 255 Å². The minimum absolute atomic E-state index is 0.915. The molecule has 0 saturated heterocycles. The van der Waals surface area contributed by atoms with Crippen LogP contribution in [-0.2, 0) is 0 Å². The van der Waals surface area contributed by atoms with Crippen LogP contribution in [-0.4, -0.2) is 0 Å². The molecule has 0 aliphatic rings. The molecule has 0 atom stereocenters. The third kappa shape index (κ3) is 7.65. The van der Waals surface area contributed by atoms with Crippen LogP contribution >= 0.6 is 0 Å². The zero-order valence-electron chi connectivity index (χ0n) is 45.7. The van der Waals surface area contributed by atoms with Gasteiger partial charge >= 0.3 is 0 Å². The fraction of sp³-hybridized carbons (Fsp3) is 0. The molecule has 0 aliphatic heterocycles. The molecular formula is C82H50O2. The molecule has 16 aromatic carbocycles. The molecule has 84 heavy (non-hydrogen) atoms. The van der Waals surface area contributed by atoms with Gasteiger partial charge in [-0.05, 0) is 169 Å². The van der Waals surface area contributed by atoms with Crippen molar-refractivity contribution in [2.24, 2.45) is 0 Å². The van der Waals surface area contributed by atoms with Crippen LogP contribution in [0.3, 0.4) is 0 Å². The van der Waals surface area contributed by atoms with Crippen molar-refractivity contribution in [2.75, 3.05) is 0 Å². The molecule has 390 valence electrons. The van der Waals surface area contributed by atoms with E-state index in [1.807, 2.05) is 0 Å². The minimum atomic E-state index is 0.915. The summed E-state index contributed by atoms with van der Waals surface area (Å²) >= 11 is 0. The number of hydrogen-bond acceptors (Lipinski definition) is 2. The quantitative estimate of drug-likeness (QED) is 0.161. The topological polar surface area (TPSA) is 26.3 Å². The van der Waals surface area contributed by atoms with Crippen molar-refractivity contribution in [2.45, 2.75) is 0 Å². The van der Waals surface area contributed by atoms with Gasteiger partial charge in [0.15, 0.2) is 0 Å². The smallest absolute Gasteiger partial charge is 0.143 e. The Morgan fingerprint density at radius 3 is 0.929 bits per heavy atom. The number of furan rings is 2. The first-order valence-electron chi connectivity index (χ1n) is 28.9. The Hall–Kier alpha value is -11.1. The monoisotopic (exact) mass is 1070 g/mol. The second-order valence-electron chi connectivity index (χ2n) is 22.1. The molecule has 18 rings (SSSR count). The maximum absolute atomic E-state index is 6.46. The van der Waals surface area contributed by atoms with Gasteiger partial charge < -0.3 is 8.83 Å². The van der Waals surface area contributed by atoms with Crippen LogP contribution in [0.4, 0.5) is 0 Å². The van der Waals surface area contributed by atoms with Crippen LogP contribution < -0.4 is 0 Å². The Morgan fingerprint density at radius 1 is 0.155 bits per heavy atom. The highest BCUT2D eigenvalue weighted by Crippen LogP contribution is 2.48.